The van der Waals surface area contributed by atoms with Crippen LogP contribution in [0.15, 0.2) is 30.3 Å². The number of benzene rings is 1. The number of hydrogen-bond donors (Lipinski definition) is 1. The van der Waals surface area contributed by atoms with Crippen LogP contribution in [0.2, 0.25) is 0 Å². The second-order valence-electron chi connectivity index (χ2n) is 5.35. The number of likely N-dealkylation sites (tertiary alicyclic amines) is 1. The van der Waals surface area contributed by atoms with E-state index in [1.54, 1.807) is 0 Å². The van der Waals surface area contributed by atoms with Gasteiger partial charge in [-0.25, -0.2) is 0 Å². The van der Waals surface area contributed by atoms with Crippen LogP contribution in [0.25, 0.3) is 0 Å². The molecule has 1 N–H and O–H groups in total. The summed E-state index contributed by atoms with van der Waals surface area (Å²) in [6, 6.07) is 9.64. The van der Waals surface area contributed by atoms with E-state index in [2.05, 4.69) is 0 Å². The van der Waals surface area contributed by atoms with E-state index in [0.717, 1.165) is 12.5 Å². The Morgan fingerprint density at radius 1 is 1.26 bits per heavy atom. The van der Waals surface area contributed by atoms with E-state index in [-0.39, 0.29) is 6.54 Å². The van der Waals surface area contributed by atoms with E-state index in [0.29, 0.717) is 19.5 Å². The molecule has 0 spiro atoms. The molecule has 0 aliphatic carbocycles. The van der Waals surface area contributed by atoms with Crippen LogP contribution < -0.4 is 0 Å². The van der Waals surface area contributed by atoms with Crippen LogP contribution in [-0.4, -0.2) is 34.9 Å². The van der Waals surface area contributed by atoms with Crippen molar-refractivity contribution in [1.29, 1.82) is 0 Å². The zero-order valence-corrected chi connectivity index (χ0v) is 10.8. The van der Waals surface area contributed by atoms with Crippen molar-refractivity contribution in [2.24, 2.45) is 5.92 Å². The lowest BCUT2D eigenvalue weighted by atomic mass is 9.88. The zero-order chi connectivity index (χ0) is 14.1. The second kappa shape index (κ2) is 5.13. The lowest BCUT2D eigenvalue weighted by Crippen LogP contribution is -2.49. The summed E-state index contributed by atoms with van der Waals surface area (Å²) < 4.78 is 38.3. The van der Waals surface area contributed by atoms with Gasteiger partial charge in [-0.05, 0) is 25.5 Å². The highest BCUT2D eigenvalue weighted by molar-refractivity contribution is 5.14. The summed E-state index contributed by atoms with van der Waals surface area (Å²) in [7, 11) is 0. The smallest absolute Gasteiger partial charge is 0.380 e. The fourth-order valence-electron chi connectivity index (χ4n) is 2.51. The minimum Gasteiger partial charge on any atom is -0.380 e. The predicted molar refractivity (Wildman–Crippen MR) is 66.5 cm³/mol. The Morgan fingerprint density at radius 2 is 1.89 bits per heavy atom. The topological polar surface area (TPSA) is 23.5 Å². The van der Waals surface area contributed by atoms with Gasteiger partial charge >= 0.3 is 6.18 Å². The molecule has 1 saturated heterocycles. The van der Waals surface area contributed by atoms with Gasteiger partial charge in [0, 0.05) is 19.0 Å². The summed E-state index contributed by atoms with van der Waals surface area (Å²) in [6.07, 6.45) is -4.19. The Kier molecular flexibility index (Phi) is 3.87. The normalized spacial score (nSPS) is 24.4. The number of hydrogen-bond acceptors (Lipinski definition) is 2. The van der Waals surface area contributed by atoms with Crippen LogP contribution in [0.5, 0.6) is 0 Å². The highest BCUT2D eigenvalue weighted by Gasteiger charge is 2.55. The van der Waals surface area contributed by atoms with Crippen LogP contribution in [-0.2, 0) is 6.54 Å². The van der Waals surface area contributed by atoms with E-state index in [1.807, 2.05) is 35.2 Å². The third kappa shape index (κ3) is 3.09. The molecule has 2 nitrogen and oxygen atoms in total. The van der Waals surface area contributed by atoms with Gasteiger partial charge in [-0.15, -0.1) is 0 Å². The van der Waals surface area contributed by atoms with Gasteiger partial charge in [-0.3, -0.25) is 4.90 Å². The maximum absolute atomic E-state index is 12.8. The summed E-state index contributed by atoms with van der Waals surface area (Å²) in [5.74, 6) is -0.754. The first-order valence-electron chi connectivity index (χ1n) is 6.36. The van der Waals surface area contributed by atoms with E-state index in [1.165, 1.54) is 0 Å². The fraction of sp³-hybridized carbons (Fsp3) is 0.571. The van der Waals surface area contributed by atoms with Crippen molar-refractivity contribution < 1.29 is 18.3 Å². The molecule has 2 rings (SSSR count). The molecular formula is C14H18F3NO. The molecule has 0 aromatic heterocycles. The summed E-state index contributed by atoms with van der Waals surface area (Å²) in [5.41, 5.74) is -1.52. The molecular weight excluding hydrogens is 255 g/mol. The molecule has 5 heteroatoms. The molecule has 2 unspecified atom stereocenters. The lowest BCUT2D eigenvalue weighted by Gasteiger charge is -2.32. The van der Waals surface area contributed by atoms with E-state index >= 15 is 0 Å². The van der Waals surface area contributed by atoms with Gasteiger partial charge in [0.15, 0.2) is 5.60 Å². The van der Waals surface area contributed by atoms with Crippen molar-refractivity contribution in [1.82, 2.24) is 4.90 Å². The Hall–Kier alpha value is -1.07. The van der Waals surface area contributed by atoms with Crippen LogP contribution in [0.4, 0.5) is 13.2 Å². The van der Waals surface area contributed by atoms with Crippen molar-refractivity contribution in [3.05, 3.63) is 35.9 Å². The Balaban J connectivity index is 1.97. The molecule has 0 radical (unpaired) electrons. The molecule has 106 valence electrons. The standard InChI is InChI=1S/C14H18F3NO/c1-13(19,14(15,16)17)12-7-8-18(10-12)9-11-5-3-2-4-6-11/h2-6,12,19H,7-10H2,1H3. The monoisotopic (exact) mass is 273 g/mol. The number of halogens is 3. The van der Waals surface area contributed by atoms with Gasteiger partial charge in [0.2, 0.25) is 0 Å². The van der Waals surface area contributed by atoms with Crippen molar-refractivity contribution in [2.75, 3.05) is 13.1 Å². The van der Waals surface area contributed by atoms with Gasteiger partial charge in [0.1, 0.15) is 0 Å². The zero-order valence-electron chi connectivity index (χ0n) is 10.8. The number of rotatable bonds is 3. The molecule has 1 aliphatic rings. The van der Waals surface area contributed by atoms with Crippen LogP contribution in [0, 0.1) is 5.92 Å². The van der Waals surface area contributed by atoms with Crippen molar-refractivity contribution in [2.45, 2.75) is 31.7 Å². The first-order valence-corrected chi connectivity index (χ1v) is 6.36. The molecule has 0 bridgehead atoms. The minimum absolute atomic E-state index is 0.279. The van der Waals surface area contributed by atoms with Gasteiger partial charge in [-0.2, -0.15) is 13.2 Å². The highest BCUT2D eigenvalue weighted by Crippen LogP contribution is 2.40. The van der Waals surface area contributed by atoms with Crippen LogP contribution in [0.1, 0.15) is 18.9 Å². The highest BCUT2D eigenvalue weighted by atomic mass is 19.4. The Bertz CT molecular complexity index is 416. The molecule has 1 heterocycles. The molecule has 19 heavy (non-hydrogen) atoms. The summed E-state index contributed by atoms with van der Waals surface area (Å²) >= 11 is 0. The molecule has 0 saturated carbocycles. The number of nitrogens with zero attached hydrogens (tertiary/aromatic N) is 1. The molecule has 2 atom stereocenters. The SMILES string of the molecule is CC(O)(C1CCN(Cc2ccccc2)C1)C(F)(F)F. The molecule has 1 aliphatic heterocycles. The third-order valence-corrected chi connectivity index (χ3v) is 3.89. The number of alkyl halides is 3. The Morgan fingerprint density at radius 3 is 2.47 bits per heavy atom. The summed E-state index contributed by atoms with van der Waals surface area (Å²) in [6.45, 7) is 2.38. The van der Waals surface area contributed by atoms with Gasteiger partial charge in [0.05, 0.1) is 0 Å². The molecule has 1 fully saturated rings. The molecule has 0 amide bonds. The predicted octanol–water partition coefficient (Wildman–Crippen LogP) is 2.82. The average molecular weight is 273 g/mol. The molecule has 1 aromatic carbocycles. The van der Waals surface area contributed by atoms with Crippen molar-refractivity contribution >= 4 is 0 Å². The van der Waals surface area contributed by atoms with Gasteiger partial charge in [-0.1, -0.05) is 30.3 Å². The van der Waals surface area contributed by atoms with Gasteiger partial charge in [0.25, 0.3) is 0 Å². The van der Waals surface area contributed by atoms with E-state index in [9.17, 15) is 18.3 Å². The minimum atomic E-state index is -4.57. The maximum atomic E-state index is 12.8. The summed E-state index contributed by atoms with van der Waals surface area (Å²) in [5, 5.41) is 9.68. The van der Waals surface area contributed by atoms with Crippen molar-refractivity contribution in [3.63, 3.8) is 0 Å². The van der Waals surface area contributed by atoms with Crippen LogP contribution in [0.3, 0.4) is 0 Å². The lowest BCUT2D eigenvalue weighted by molar-refractivity contribution is -0.270. The molecule has 1 aromatic rings. The quantitative estimate of drug-likeness (QED) is 0.915. The number of aliphatic hydroxyl groups is 1. The average Bonchev–Trinajstić information content (AvgIpc) is 2.78. The largest absolute Gasteiger partial charge is 0.417 e. The second-order valence-corrected chi connectivity index (χ2v) is 5.35. The first-order chi connectivity index (χ1) is 8.80. The Labute approximate surface area is 110 Å². The third-order valence-electron chi connectivity index (χ3n) is 3.89. The van der Waals surface area contributed by atoms with Crippen LogP contribution >= 0.6 is 0 Å². The van der Waals surface area contributed by atoms with Crippen molar-refractivity contribution in [3.8, 4) is 0 Å². The fourth-order valence-corrected chi connectivity index (χ4v) is 2.51. The summed E-state index contributed by atoms with van der Waals surface area (Å²) in [4.78, 5) is 1.96. The van der Waals surface area contributed by atoms with Gasteiger partial charge < -0.3 is 5.11 Å². The first kappa shape index (κ1) is 14.3. The van der Waals surface area contributed by atoms with E-state index < -0.39 is 17.7 Å². The van der Waals surface area contributed by atoms with E-state index in [4.69, 9.17) is 0 Å². The maximum Gasteiger partial charge on any atom is 0.417 e.